The van der Waals surface area contributed by atoms with E-state index in [1.807, 2.05) is 66.7 Å². The maximum Gasteiger partial charge on any atom is 0.255 e. The second kappa shape index (κ2) is 8.25. The Kier molecular flexibility index (Phi) is 5.51. The van der Waals surface area contributed by atoms with Gasteiger partial charge in [-0.2, -0.15) is 0 Å². The Morgan fingerprint density at radius 2 is 1.70 bits per heavy atom. The van der Waals surface area contributed by atoms with Crippen LogP contribution in [0, 0.1) is 13.8 Å². The van der Waals surface area contributed by atoms with Gasteiger partial charge in [-0.25, -0.2) is 0 Å². The fraction of sp³-hybridized carbons (Fsp3) is 0.160. The highest BCUT2D eigenvalue weighted by Crippen LogP contribution is 2.28. The van der Waals surface area contributed by atoms with Crippen LogP contribution in [0.25, 0.3) is 10.9 Å². The molecular formula is C25H23ClN2O2. The van der Waals surface area contributed by atoms with E-state index < -0.39 is 0 Å². The molecule has 4 nitrogen and oxygen atoms in total. The lowest BCUT2D eigenvalue weighted by molar-refractivity contribution is 0.102. The highest BCUT2D eigenvalue weighted by molar-refractivity contribution is 6.30. The largest absolute Gasteiger partial charge is 0.497 e. The van der Waals surface area contributed by atoms with Gasteiger partial charge in [0.15, 0.2) is 0 Å². The SMILES string of the molecule is COc1ccc(NC(=O)c2ccc3c(c2)c(C)c(C)n3Cc2ccc(Cl)cc2)cc1. The van der Waals surface area contributed by atoms with Crippen molar-refractivity contribution in [2.45, 2.75) is 20.4 Å². The molecule has 0 unspecified atom stereocenters. The van der Waals surface area contributed by atoms with Gasteiger partial charge in [-0.1, -0.05) is 23.7 Å². The van der Waals surface area contributed by atoms with Gasteiger partial charge in [-0.05, 0) is 79.6 Å². The Morgan fingerprint density at radius 3 is 2.37 bits per heavy atom. The van der Waals surface area contributed by atoms with Crippen molar-refractivity contribution in [2.24, 2.45) is 0 Å². The second-order valence-corrected chi connectivity index (χ2v) is 7.77. The van der Waals surface area contributed by atoms with Gasteiger partial charge in [0.05, 0.1) is 7.11 Å². The third-order valence-corrected chi connectivity index (χ3v) is 5.75. The number of carbonyl (C=O) groups excluding carboxylic acids is 1. The van der Waals surface area contributed by atoms with Crippen LogP contribution in [-0.4, -0.2) is 17.6 Å². The van der Waals surface area contributed by atoms with Crippen LogP contribution in [-0.2, 0) is 6.54 Å². The van der Waals surface area contributed by atoms with E-state index in [0.717, 1.165) is 33.9 Å². The third-order valence-electron chi connectivity index (χ3n) is 5.50. The maximum atomic E-state index is 12.8. The lowest BCUT2D eigenvalue weighted by Crippen LogP contribution is -2.11. The second-order valence-electron chi connectivity index (χ2n) is 7.34. The summed E-state index contributed by atoms with van der Waals surface area (Å²) in [6.45, 7) is 4.97. The molecule has 0 aliphatic rings. The Morgan fingerprint density at radius 1 is 1.00 bits per heavy atom. The van der Waals surface area contributed by atoms with Gasteiger partial charge in [0.1, 0.15) is 5.75 Å². The monoisotopic (exact) mass is 418 g/mol. The van der Waals surface area contributed by atoms with E-state index in [2.05, 4.69) is 23.7 Å². The predicted molar refractivity (Wildman–Crippen MR) is 123 cm³/mol. The smallest absolute Gasteiger partial charge is 0.255 e. The molecule has 0 radical (unpaired) electrons. The number of fused-ring (bicyclic) bond motifs is 1. The zero-order valence-electron chi connectivity index (χ0n) is 17.2. The molecule has 30 heavy (non-hydrogen) atoms. The average molecular weight is 419 g/mol. The fourth-order valence-electron chi connectivity index (χ4n) is 3.64. The molecule has 0 spiro atoms. The molecule has 1 heterocycles. The van der Waals surface area contributed by atoms with Crippen molar-refractivity contribution >= 4 is 34.1 Å². The summed E-state index contributed by atoms with van der Waals surface area (Å²) in [5.41, 5.74) is 6.02. The molecule has 0 bridgehead atoms. The number of hydrogen-bond donors (Lipinski definition) is 1. The van der Waals surface area contributed by atoms with Crippen molar-refractivity contribution in [3.63, 3.8) is 0 Å². The number of aryl methyl sites for hydroxylation is 1. The highest BCUT2D eigenvalue weighted by Gasteiger charge is 2.14. The summed E-state index contributed by atoms with van der Waals surface area (Å²) in [7, 11) is 1.62. The van der Waals surface area contributed by atoms with Gasteiger partial charge in [0.2, 0.25) is 0 Å². The predicted octanol–water partition coefficient (Wildman–Crippen LogP) is 6.22. The Labute approximate surface area is 181 Å². The molecule has 0 aliphatic heterocycles. The molecule has 0 atom stereocenters. The van der Waals surface area contributed by atoms with Gasteiger partial charge in [0.25, 0.3) is 5.91 Å². The number of halogens is 1. The molecule has 1 N–H and O–H groups in total. The van der Waals surface area contributed by atoms with Gasteiger partial charge in [-0.3, -0.25) is 4.79 Å². The summed E-state index contributed by atoms with van der Waals surface area (Å²) < 4.78 is 7.44. The Bertz CT molecular complexity index is 1210. The first kappa shape index (κ1) is 20.0. The maximum absolute atomic E-state index is 12.8. The molecule has 4 aromatic rings. The number of ether oxygens (including phenoxy) is 1. The number of carbonyl (C=O) groups is 1. The van der Waals surface area contributed by atoms with Crippen molar-refractivity contribution in [3.05, 3.63) is 94.1 Å². The minimum atomic E-state index is -0.135. The average Bonchev–Trinajstić information content (AvgIpc) is 3.00. The van der Waals surface area contributed by atoms with Crippen LogP contribution < -0.4 is 10.1 Å². The molecule has 1 amide bonds. The molecule has 3 aromatic carbocycles. The fourth-order valence-corrected chi connectivity index (χ4v) is 3.77. The zero-order valence-corrected chi connectivity index (χ0v) is 18.0. The lowest BCUT2D eigenvalue weighted by atomic mass is 10.1. The van der Waals surface area contributed by atoms with Crippen molar-refractivity contribution in [3.8, 4) is 5.75 Å². The molecule has 1 aromatic heterocycles. The summed E-state index contributed by atoms with van der Waals surface area (Å²) in [5, 5.41) is 4.77. The van der Waals surface area contributed by atoms with E-state index in [1.54, 1.807) is 7.11 Å². The van der Waals surface area contributed by atoms with Crippen LogP contribution in [0.15, 0.2) is 66.7 Å². The molecule has 5 heteroatoms. The first-order chi connectivity index (χ1) is 14.5. The number of nitrogens with one attached hydrogen (secondary N) is 1. The van der Waals surface area contributed by atoms with Crippen LogP contribution in [0.2, 0.25) is 5.02 Å². The van der Waals surface area contributed by atoms with E-state index in [-0.39, 0.29) is 5.91 Å². The molecule has 0 aliphatic carbocycles. The number of nitrogens with zero attached hydrogens (tertiary/aromatic N) is 1. The molecule has 4 rings (SSSR count). The quantitative estimate of drug-likeness (QED) is 0.418. The summed E-state index contributed by atoms with van der Waals surface area (Å²) in [6, 6.07) is 21.1. The van der Waals surface area contributed by atoms with Gasteiger partial charge < -0.3 is 14.6 Å². The van der Waals surface area contributed by atoms with E-state index in [4.69, 9.17) is 16.3 Å². The number of benzene rings is 3. The molecule has 0 fully saturated rings. The Hall–Kier alpha value is -3.24. The summed E-state index contributed by atoms with van der Waals surface area (Å²) in [4.78, 5) is 12.8. The first-order valence-electron chi connectivity index (χ1n) is 9.75. The molecular weight excluding hydrogens is 396 g/mol. The van der Waals surface area contributed by atoms with E-state index in [1.165, 1.54) is 16.8 Å². The van der Waals surface area contributed by atoms with Crippen LogP contribution in [0.1, 0.15) is 27.2 Å². The van der Waals surface area contributed by atoms with E-state index in [9.17, 15) is 4.79 Å². The number of methoxy groups -OCH3 is 1. The number of rotatable bonds is 5. The van der Waals surface area contributed by atoms with Crippen LogP contribution >= 0.6 is 11.6 Å². The topological polar surface area (TPSA) is 43.3 Å². The van der Waals surface area contributed by atoms with E-state index in [0.29, 0.717) is 5.56 Å². The van der Waals surface area contributed by atoms with Crippen molar-refractivity contribution in [2.75, 3.05) is 12.4 Å². The molecule has 152 valence electrons. The zero-order chi connectivity index (χ0) is 21.3. The van der Waals surface area contributed by atoms with Gasteiger partial charge in [0, 0.05) is 39.4 Å². The first-order valence-corrected chi connectivity index (χ1v) is 10.1. The highest BCUT2D eigenvalue weighted by atomic mass is 35.5. The summed E-state index contributed by atoms with van der Waals surface area (Å²) in [6.07, 6.45) is 0. The van der Waals surface area contributed by atoms with Crippen molar-refractivity contribution < 1.29 is 9.53 Å². The summed E-state index contributed by atoms with van der Waals surface area (Å²) >= 11 is 6.01. The molecule has 0 saturated heterocycles. The standard InChI is InChI=1S/C25H23ClN2O2/c1-16-17(2)28(15-18-4-7-20(26)8-5-18)24-13-6-19(14-23(16)24)25(29)27-21-9-11-22(30-3)12-10-21/h4-14H,15H2,1-3H3,(H,27,29). The van der Waals surface area contributed by atoms with Crippen molar-refractivity contribution in [1.29, 1.82) is 0 Å². The number of anilines is 1. The number of aromatic nitrogens is 1. The number of amides is 1. The van der Waals surface area contributed by atoms with Crippen molar-refractivity contribution in [1.82, 2.24) is 4.57 Å². The van der Waals surface area contributed by atoms with Crippen LogP contribution in [0.3, 0.4) is 0 Å². The normalized spacial score (nSPS) is 10.9. The van der Waals surface area contributed by atoms with E-state index >= 15 is 0 Å². The number of hydrogen-bond acceptors (Lipinski definition) is 2. The Balaban J connectivity index is 1.62. The minimum Gasteiger partial charge on any atom is -0.497 e. The third kappa shape index (κ3) is 3.91. The van der Waals surface area contributed by atoms with Gasteiger partial charge >= 0.3 is 0 Å². The molecule has 0 saturated carbocycles. The minimum absolute atomic E-state index is 0.135. The van der Waals surface area contributed by atoms with Crippen LogP contribution in [0.4, 0.5) is 5.69 Å². The van der Waals surface area contributed by atoms with Gasteiger partial charge in [-0.15, -0.1) is 0 Å². The summed E-state index contributed by atoms with van der Waals surface area (Å²) in [5.74, 6) is 0.618. The lowest BCUT2D eigenvalue weighted by Gasteiger charge is -2.10. The van der Waals surface area contributed by atoms with Crippen LogP contribution in [0.5, 0.6) is 5.75 Å².